The molecule has 7 nitrogen and oxygen atoms in total. The monoisotopic (exact) mass is 617 g/mol. The molecule has 3 rings (SSSR count). The van der Waals surface area contributed by atoms with Crippen LogP contribution in [0.25, 0.3) is 0 Å². The average Bonchev–Trinajstić information content (AvgIpc) is 3.19. The summed E-state index contributed by atoms with van der Waals surface area (Å²) >= 11 is 0. The van der Waals surface area contributed by atoms with Crippen molar-refractivity contribution in [2.24, 2.45) is 7.05 Å². The quantitative estimate of drug-likeness (QED) is 0.155. The van der Waals surface area contributed by atoms with E-state index in [4.69, 9.17) is 0 Å². The highest BCUT2D eigenvalue weighted by Crippen LogP contribution is 2.48. The fourth-order valence-corrected chi connectivity index (χ4v) is 9.36. The summed E-state index contributed by atoms with van der Waals surface area (Å²) in [6.07, 6.45) is 0.288. The minimum atomic E-state index is -6.48. The van der Waals surface area contributed by atoms with Gasteiger partial charge in [0, 0.05) is 24.0 Å². The van der Waals surface area contributed by atoms with E-state index in [0.29, 0.717) is 5.30 Å². The first-order valence-corrected chi connectivity index (χ1v) is 16.4. The van der Waals surface area contributed by atoms with Gasteiger partial charge >= 0.3 is 30.7 Å². The zero-order valence-corrected chi connectivity index (χ0v) is 22.9. The van der Waals surface area contributed by atoms with Crippen molar-refractivity contribution in [1.29, 1.82) is 0 Å². The Morgan fingerprint density at radius 3 is 1.82 bits per heavy atom. The molecule has 0 amide bonds. The number of nitrogens with one attached hydrogen (secondary N) is 1. The number of sulfone groups is 2. The van der Waals surface area contributed by atoms with Gasteiger partial charge in [-0.3, -0.25) is 0 Å². The summed E-state index contributed by atoms with van der Waals surface area (Å²) in [6, 6.07) is 17.6. The van der Waals surface area contributed by atoms with Crippen LogP contribution in [0.2, 0.25) is 0 Å². The smallest absolute Gasteiger partial charge is 0.318 e. The Morgan fingerprint density at radius 2 is 1.31 bits per heavy atom. The van der Waals surface area contributed by atoms with E-state index in [-0.39, 0.29) is 36.2 Å². The first kappa shape index (κ1) is 30.9. The Bertz CT molecular complexity index is 1570. The molecule has 0 fully saturated rings. The van der Waals surface area contributed by atoms with Crippen molar-refractivity contribution in [2.75, 3.05) is 6.16 Å². The Morgan fingerprint density at radius 1 is 0.795 bits per heavy atom. The van der Waals surface area contributed by atoms with Gasteiger partial charge in [0.25, 0.3) is 15.9 Å². The molecule has 1 atom stereocenters. The number of unbranched alkanes of at least 4 members (excludes halogenated alkanes) is 1. The number of rotatable bonds is 10. The minimum Gasteiger partial charge on any atom is -0.318 e. The van der Waals surface area contributed by atoms with E-state index in [9.17, 15) is 47.7 Å². The van der Waals surface area contributed by atoms with Gasteiger partial charge in [-0.1, -0.05) is 60.7 Å². The number of imidazole rings is 1. The lowest BCUT2D eigenvalue weighted by atomic mass is 10.2. The topological polar surface area (TPSA) is 105 Å². The van der Waals surface area contributed by atoms with E-state index in [0.717, 1.165) is 12.6 Å². The lowest BCUT2D eigenvalue weighted by molar-refractivity contribution is -0.716. The molecule has 1 aromatic heterocycles. The largest absolute Gasteiger partial charge is 0.505 e. The zero-order chi connectivity index (χ0) is 29.3. The standard InChI is InChI=1S/C23H23F6N2O5PS2/c1-31-19(30-20(38(33,34)22(24,25)26)21(31)39(35,36)23(27,28)29)14-8-9-15-37(32,18-12-6-3-7-13-18)16-17-10-4-2-5-11-17/h2-7,10-13H,8-9,14-16H2,1H3/p+1. The third-order valence-corrected chi connectivity index (χ3v) is 12.3. The van der Waals surface area contributed by atoms with Crippen molar-refractivity contribution >= 4 is 32.1 Å². The number of aromatic nitrogens is 2. The second kappa shape index (κ2) is 11.1. The maximum absolute atomic E-state index is 14.0. The van der Waals surface area contributed by atoms with Crippen LogP contribution in [-0.4, -0.2) is 39.0 Å². The molecule has 1 unspecified atom stereocenters. The fourth-order valence-electron chi connectivity index (χ4n) is 4.02. The van der Waals surface area contributed by atoms with Gasteiger partial charge in [-0.05, 0) is 18.4 Å². The van der Waals surface area contributed by atoms with Gasteiger partial charge in [-0.2, -0.15) is 26.3 Å². The molecule has 39 heavy (non-hydrogen) atoms. The summed E-state index contributed by atoms with van der Waals surface area (Å²) < 4.78 is 141. The van der Waals surface area contributed by atoms with Crippen LogP contribution in [0.15, 0.2) is 70.7 Å². The van der Waals surface area contributed by atoms with Gasteiger partial charge in [0.2, 0.25) is 0 Å². The number of benzene rings is 2. The normalized spacial score (nSPS) is 14.7. The SMILES string of the molecule is C[n+]1c(CCCCP(=O)(Cc2ccccc2)c2ccccc2)[nH]c(S(=O)(=O)C(F)(F)F)c1S(=O)(=O)C(F)(F)F. The van der Waals surface area contributed by atoms with E-state index in [1.54, 1.807) is 65.6 Å². The molecule has 0 radical (unpaired) electrons. The van der Waals surface area contributed by atoms with E-state index in [1.165, 1.54) is 0 Å². The maximum Gasteiger partial charge on any atom is 0.505 e. The number of hydrogen-bond donors (Lipinski definition) is 1. The minimum absolute atomic E-state index is 0.0526. The molecule has 1 N–H and O–H groups in total. The lowest BCUT2D eigenvalue weighted by Crippen LogP contribution is -2.42. The number of aromatic amines is 1. The van der Waals surface area contributed by atoms with Crippen molar-refractivity contribution in [1.82, 2.24) is 4.98 Å². The molecule has 1 heterocycles. The molecule has 2 aromatic carbocycles. The second-order valence-corrected chi connectivity index (χ2v) is 15.5. The van der Waals surface area contributed by atoms with Crippen LogP contribution in [0.5, 0.6) is 0 Å². The number of halogens is 6. The molecule has 16 heteroatoms. The Kier molecular flexibility index (Phi) is 8.78. The Labute approximate surface area is 221 Å². The van der Waals surface area contributed by atoms with Crippen LogP contribution in [0, 0.1) is 0 Å². The number of hydrogen-bond acceptors (Lipinski definition) is 5. The molecule has 0 saturated heterocycles. The van der Waals surface area contributed by atoms with E-state index in [1.807, 2.05) is 0 Å². The van der Waals surface area contributed by atoms with Crippen LogP contribution in [0.1, 0.15) is 24.2 Å². The molecule has 0 saturated carbocycles. The highest BCUT2D eigenvalue weighted by Gasteiger charge is 2.60. The number of H-pyrrole nitrogens is 1. The van der Waals surface area contributed by atoms with Crippen LogP contribution >= 0.6 is 7.14 Å². The molecular weight excluding hydrogens is 593 g/mol. The molecule has 0 aliphatic heterocycles. The van der Waals surface area contributed by atoms with Gasteiger partial charge in [0.1, 0.15) is 7.14 Å². The van der Waals surface area contributed by atoms with Crippen LogP contribution < -0.4 is 9.87 Å². The van der Waals surface area contributed by atoms with Gasteiger partial charge in [-0.25, -0.2) is 26.4 Å². The van der Waals surface area contributed by atoms with Crippen LogP contribution in [-0.2, 0) is 43.9 Å². The first-order chi connectivity index (χ1) is 17.9. The van der Waals surface area contributed by atoms with E-state index < -0.39 is 53.7 Å². The maximum atomic E-state index is 14.0. The van der Waals surface area contributed by atoms with Crippen molar-refractivity contribution in [2.45, 2.75) is 46.5 Å². The summed E-state index contributed by atoms with van der Waals surface area (Å²) in [7, 11) is -15.3. The highest BCUT2D eigenvalue weighted by atomic mass is 32.2. The lowest BCUT2D eigenvalue weighted by Gasteiger charge is -2.19. The predicted octanol–water partition coefficient (Wildman–Crippen LogP) is 4.64. The molecule has 0 bridgehead atoms. The van der Waals surface area contributed by atoms with E-state index in [2.05, 4.69) is 0 Å². The van der Waals surface area contributed by atoms with Crippen LogP contribution in [0.3, 0.4) is 0 Å². The molecule has 0 aliphatic rings. The average molecular weight is 618 g/mol. The third-order valence-electron chi connectivity index (χ3n) is 5.98. The van der Waals surface area contributed by atoms with Crippen molar-refractivity contribution in [3.05, 3.63) is 72.1 Å². The molecule has 0 aliphatic carbocycles. The number of alkyl halides is 6. The number of aryl methyl sites for hydroxylation is 1. The summed E-state index contributed by atoms with van der Waals surface area (Å²) in [5.74, 6) is -0.488. The van der Waals surface area contributed by atoms with Gasteiger partial charge in [0.15, 0.2) is 0 Å². The highest BCUT2D eigenvalue weighted by molar-refractivity contribution is 7.95. The van der Waals surface area contributed by atoms with Gasteiger partial charge in [0.05, 0.1) is 7.05 Å². The molecule has 0 spiro atoms. The van der Waals surface area contributed by atoms with Crippen LogP contribution in [0.4, 0.5) is 26.3 Å². The Balaban J connectivity index is 1.91. The predicted molar refractivity (Wildman–Crippen MR) is 130 cm³/mol. The molecule has 214 valence electrons. The van der Waals surface area contributed by atoms with Crippen molar-refractivity contribution in [3.8, 4) is 0 Å². The van der Waals surface area contributed by atoms with Gasteiger partial charge < -0.3 is 4.57 Å². The fraction of sp³-hybridized carbons (Fsp3) is 0.348. The zero-order valence-electron chi connectivity index (χ0n) is 20.3. The molecular formula is C23H24F6N2O5PS2+. The van der Waals surface area contributed by atoms with E-state index >= 15 is 0 Å². The summed E-state index contributed by atoms with van der Waals surface area (Å²) in [6.45, 7) is 0. The Hall–Kier alpha value is -2.64. The third kappa shape index (κ3) is 6.41. The summed E-state index contributed by atoms with van der Waals surface area (Å²) in [4.78, 5) is 1.75. The summed E-state index contributed by atoms with van der Waals surface area (Å²) in [5, 5.41) is -3.57. The summed E-state index contributed by atoms with van der Waals surface area (Å²) in [5.41, 5.74) is -11.3. The van der Waals surface area contributed by atoms with Gasteiger partial charge in [-0.15, -0.1) is 0 Å². The first-order valence-electron chi connectivity index (χ1n) is 11.3. The second-order valence-electron chi connectivity index (χ2n) is 8.71. The van der Waals surface area contributed by atoms with Crippen molar-refractivity contribution < 1.29 is 52.3 Å². The van der Waals surface area contributed by atoms with Crippen molar-refractivity contribution in [3.63, 3.8) is 0 Å². The molecule has 3 aromatic rings. The number of nitrogens with zero attached hydrogens (tertiary/aromatic N) is 1.